The second-order valence-electron chi connectivity index (χ2n) is 4.85. The fourth-order valence-corrected chi connectivity index (χ4v) is 6.51. The molecule has 1 saturated heterocycles. The Labute approximate surface area is 105 Å². The van der Waals surface area contributed by atoms with Gasteiger partial charge in [-0.3, -0.25) is 0 Å². The molecule has 1 nitrogen and oxygen atoms in total. The van der Waals surface area contributed by atoms with E-state index < -0.39 is 0 Å². The van der Waals surface area contributed by atoms with E-state index in [9.17, 15) is 0 Å². The van der Waals surface area contributed by atoms with E-state index in [1.165, 1.54) is 43.5 Å². The molecule has 0 saturated carbocycles. The van der Waals surface area contributed by atoms with Gasteiger partial charge in [0, 0.05) is 27.8 Å². The third kappa shape index (κ3) is 6.08. The van der Waals surface area contributed by atoms with Crippen molar-refractivity contribution in [1.29, 1.82) is 0 Å². The fraction of sp³-hybridized carbons (Fsp3) is 1.00. The smallest absolute Gasteiger partial charge is 0.0459 e. The molecule has 0 aromatic rings. The van der Waals surface area contributed by atoms with Gasteiger partial charge in [-0.1, -0.05) is 46.9 Å². The first-order chi connectivity index (χ1) is 7.36. The van der Waals surface area contributed by atoms with Crippen molar-refractivity contribution in [3.8, 4) is 0 Å². The Balaban J connectivity index is 2.02. The molecule has 1 aliphatic heterocycles. The fourth-order valence-electron chi connectivity index (χ4n) is 2.69. The molecule has 0 N–H and O–H groups in total. The third-order valence-electron chi connectivity index (χ3n) is 3.67. The van der Waals surface area contributed by atoms with Crippen molar-refractivity contribution in [2.24, 2.45) is 5.92 Å². The number of hydrogen-bond donors (Lipinski definition) is 0. The molecule has 1 heterocycles. The quantitative estimate of drug-likeness (QED) is 0.394. The molecule has 15 heavy (non-hydrogen) atoms. The number of methoxy groups -OCH3 is 1. The Morgan fingerprint density at radius 3 is 2.60 bits per heavy atom. The highest BCUT2D eigenvalue weighted by atomic mass is 79.9. The summed E-state index contributed by atoms with van der Waals surface area (Å²) in [7, 11) is 1.50. The molecule has 0 spiro atoms. The molecule has 1 rings (SSSR count). The maximum Gasteiger partial charge on any atom is 0.0459 e. The molecule has 0 atom stereocenters. The second kappa shape index (κ2) is 8.77. The average molecular weight is 293 g/mol. The van der Waals surface area contributed by atoms with Crippen LogP contribution >= 0.6 is 15.9 Å². The lowest BCUT2D eigenvalue weighted by Crippen LogP contribution is -2.21. The number of hydrogen-bond acceptors (Lipinski definition) is 1. The zero-order chi connectivity index (χ0) is 10.9. The summed E-state index contributed by atoms with van der Waals surface area (Å²) < 4.78 is 5.12. The first-order valence-corrected chi connectivity index (χ1v) is 9.98. The molecule has 0 amide bonds. The monoisotopic (exact) mass is 292 g/mol. The van der Waals surface area contributed by atoms with Crippen LogP contribution in [0.25, 0.3) is 0 Å². The molecule has 90 valence electrons. The molecule has 0 bridgehead atoms. The van der Waals surface area contributed by atoms with Gasteiger partial charge in [-0.05, 0) is 25.2 Å². The molecule has 0 aliphatic carbocycles. The van der Waals surface area contributed by atoms with Crippen LogP contribution < -0.4 is 0 Å². The van der Waals surface area contributed by atoms with Gasteiger partial charge < -0.3 is 4.74 Å². The van der Waals surface area contributed by atoms with Crippen LogP contribution in [0.2, 0.25) is 18.1 Å². The summed E-state index contributed by atoms with van der Waals surface area (Å²) in [6, 6.07) is 4.74. The molecule has 0 aromatic carbocycles. The first-order valence-electron chi connectivity index (χ1n) is 6.41. The van der Waals surface area contributed by atoms with E-state index >= 15 is 0 Å². The molecule has 0 radical (unpaired) electrons. The summed E-state index contributed by atoms with van der Waals surface area (Å²) in [4.78, 5) is 0. The summed E-state index contributed by atoms with van der Waals surface area (Å²) in [6.07, 6.45) is 7.23. The van der Waals surface area contributed by atoms with Crippen LogP contribution in [0.15, 0.2) is 0 Å². The maximum absolute atomic E-state index is 5.12. The van der Waals surface area contributed by atoms with E-state index in [-0.39, 0.29) is 8.80 Å². The Bertz CT molecular complexity index is 147. The van der Waals surface area contributed by atoms with Gasteiger partial charge in [0.15, 0.2) is 0 Å². The largest absolute Gasteiger partial charge is 0.385 e. The SMILES string of the molecule is COCCC[SiH]1CCC(CCCBr)CC1. The van der Waals surface area contributed by atoms with Crippen molar-refractivity contribution in [2.45, 2.75) is 50.2 Å². The molecular weight excluding hydrogens is 268 g/mol. The third-order valence-corrected chi connectivity index (χ3v) is 7.76. The van der Waals surface area contributed by atoms with Crippen molar-refractivity contribution in [3.63, 3.8) is 0 Å². The van der Waals surface area contributed by atoms with E-state index in [0.717, 1.165) is 12.5 Å². The lowest BCUT2D eigenvalue weighted by molar-refractivity contribution is 0.199. The predicted octanol–water partition coefficient (Wildman–Crippen LogP) is 3.84. The topological polar surface area (TPSA) is 9.23 Å². The van der Waals surface area contributed by atoms with Crippen LogP contribution in [0.4, 0.5) is 0 Å². The summed E-state index contributed by atoms with van der Waals surface area (Å²) in [5.41, 5.74) is 0. The normalized spacial score (nSPS) is 26.8. The zero-order valence-corrected chi connectivity index (χ0v) is 12.8. The Morgan fingerprint density at radius 2 is 2.00 bits per heavy atom. The standard InChI is InChI=1S/C12H25BrOSi/c1-14-8-3-9-15-10-5-12(6-11-15)4-2-7-13/h12,15H,2-11H2,1H3. The van der Waals surface area contributed by atoms with Crippen LogP contribution in [0.3, 0.4) is 0 Å². The number of ether oxygens (including phenoxy) is 1. The molecule has 1 fully saturated rings. The van der Waals surface area contributed by atoms with Gasteiger partial charge in [0.05, 0.1) is 0 Å². The van der Waals surface area contributed by atoms with Gasteiger partial charge >= 0.3 is 0 Å². The van der Waals surface area contributed by atoms with Gasteiger partial charge in [-0.25, -0.2) is 0 Å². The van der Waals surface area contributed by atoms with E-state index in [2.05, 4.69) is 15.9 Å². The summed E-state index contributed by atoms with van der Waals surface area (Å²) in [5, 5.41) is 1.19. The van der Waals surface area contributed by atoms with Crippen molar-refractivity contribution in [2.75, 3.05) is 19.0 Å². The minimum Gasteiger partial charge on any atom is -0.385 e. The Hall–Kier alpha value is 0.657. The summed E-state index contributed by atoms with van der Waals surface area (Å²) in [6.45, 7) is 0.983. The van der Waals surface area contributed by atoms with Crippen molar-refractivity contribution in [1.82, 2.24) is 0 Å². The lowest BCUT2D eigenvalue weighted by atomic mass is 9.97. The average Bonchev–Trinajstić information content (AvgIpc) is 2.28. The van der Waals surface area contributed by atoms with E-state index in [0.29, 0.717) is 0 Å². The first kappa shape index (κ1) is 13.7. The van der Waals surface area contributed by atoms with Crippen LogP contribution in [0.5, 0.6) is 0 Å². The highest BCUT2D eigenvalue weighted by Crippen LogP contribution is 2.30. The predicted molar refractivity (Wildman–Crippen MR) is 73.8 cm³/mol. The van der Waals surface area contributed by atoms with Crippen LogP contribution in [0.1, 0.15) is 32.1 Å². The Kier molecular flexibility index (Phi) is 8.02. The highest BCUT2D eigenvalue weighted by Gasteiger charge is 2.21. The molecule has 3 heteroatoms. The van der Waals surface area contributed by atoms with Crippen LogP contribution in [-0.4, -0.2) is 27.8 Å². The highest BCUT2D eigenvalue weighted by molar-refractivity contribution is 9.09. The second-order valence-corrected chi connectivity index (χ2v) is 9.11. The Morgan fingerprint density at radius 1 is 1.27 bits per heavy atom. The van der Waals surface area contributed by atoms with Gasteiger partial charge in [0.25, 0.3) is 0 Å². The van der Waals surface area contributed by atoms with Crippen LogP contribution in [-0.2, 0) is 4.74 Å². The van der Waals surface area contributed by atoms with Gasteiger partial charge in [0.2, 0.25) is 0 Å². The number of alkyl halides is 1. The summed E-state index contributed by atoms with van der Waals surface area (Å²) >= 11 is 3.52. The molecular formula is C12H25BrOSi. The van der Waals surface area contributed by atoms with E-state index in [1.807, 2.05) is 7.11 Å². The van der Waals surface area contributed by atoms with Crippen molar-refractivity contribution < 1.29 is 4.74 Å². The maximum atomic E-state index is 5.12. The van der Waals surface area contributed by atoms with Gasteiger partial charge in [-0.2, -0.15) is 0 Å². The van der Waals surface area contributed by atoms with Crippen molar-refractivity contribution in [3.05, 3.63) is 0 Å². The molecule has 0 aromatic heterocycles. The minimum absolute atomic E-state index is 0.322. The van der Waals surface area contributed by atoms with Gasteiger partial charge in [0.1, 0.15) is 0 Å². The number of rotatable bonds is 7. The van der Waals surface area contributed by atoms with Crippen molar-refractivity contribution >= 4 is 24.7 Å². The number of halogens is 1. The zero-order valence-electron chi connectivity index (χ0n) is 10.0. The minimum atomic E-state index is -0.322. The van der Waals surface area contributed by atoms with E-state index in [4.69, 9.17) is 4.74 Å². The van der Waals surface area contributed by atoms with Crippen LogP contribution in [0, 0.1) is 5.92 Å². The molecule has 0 unspecified atom stereocenters. The van der Waals surface area contributed by atoms with E-state index in [1.54, 1.807) is 12.1 Å². The van der Waals surface area contributed by atoms with Gasteiger partial charge in [-0.15, -0.1) is 0 Å². The summed E-state index contributed by atoms with van der Waals surface area (Å²) in [5.74, 6) is 1.06. The lowest BCUT2D eigenvalue weighted by Gasteiger charge is -2.27. The molecule has 1 aliphatic rings.